The van der Waals surface area contributed by atoms with Crippen molar-refractivity contribution in [3.8, 4) is 5.75 Å². The van der Waals surface area contributed by atoms with Crippen LogP contribution in [-0.4, -0.2) is 24.0 Å². The van der Waals surface area contributed by atoms with Crippen molar-refractivity contribution in [2.24, 2.45) is 5.10 Å². The van der Waals surface area contributed by atoms with E-state index in [9.17, 15) is 14.4 Å². The Morgan fingerprint density at radius 2 is 1.73 bits per heavy atom. The molecule has 0 aliphatic rings. The van der Waals surface area contributed by atoms with Crippen molar-refractivity contribution in [3.63, 3.8) is 0 Å². The zero-order valence-electron chi connectivity index (χ0n) is 18.7. The molecule has 0 atom stereocenters. The highest BCUT2D eigenvalue weighted by molar-refractivity contribution is 9.10. The van der Waals surface area contributed by atoms with Crippen LogP contribution in [0.1, 0.15) is 36.8 Å². The molecule has 0 aliphatic heterocycles. The van der Waals surface area contributed by atoms with Crippen LogP contribution in [-0.2, 0) is 0 Å². The zero-order chi connectivity index (χ0) is 26.4. The lowest BCUT2D eigenvalue weighted by Gasteiger charge is -2.09. The first-order chi connectivity index (χ1) is 17.8. The first-order valence-electron chi connectivity index (χ1n) is 10.6. The fourth-order valence-electron chi connectivity index (χ4n) is 3.05. The van der Waals surface area contributed by atoms with Crippen LogP contribution in [0.4, 0.5) is 5.69 Å². The molecule has 1 aromatic heterocycles. The second kappa shape index (κ2) is 11.9. The van der Waals surface area contributed by atoms with E-state index in [1.807, 2.05) is 0 Å². The number of amides is 2. The van der Waals surface area contributed by atoms with E-state index >= 15 is 0 Å². The number of rotatable bonds is 7. The second-order valence-corrected chi connectivity index (χ2v) is 9.16. The number of esters is 1. The molecule has 4 aromatic rings. The predicted molar refractivity (Wildman–Crippen MR) is 144 cm³/mol. The number of furan rings is 1. The molecule has 37 heavy (non-hydrogen) atoms. The summed E-state index contributed by atoms with van der Waals surface area (Å²) in [5, 5.41) is 7.18. The number of anilines is 1. The molecule has 2 amide bonds. The fourth-order valence-corrected chi connectivity index (χ4v) is 3.92. The molecule has 0 spiro atoms. The van der Waals surface area contributed by atoms with Gasteiger partial charge >= 0.3 is 5.97 Å². The molecule has 0 unspecified atom stereocenters. The van der Waals surface area contributed by atoms with Crippen molar-refractivity contribution in [1.29, 1.82) is 0 Å². The van der Waals surface area contributed by atoms with Gasteiger partial charge in [0, 0.05) is 26.3 Å². The number of ether oxygens (including phenoxy) is 1. The van der Waals surface area contributed by atoms with E-state index in [-0.39, 0.29) is 22.1 Å². The molecule has 2 N–H and O–H groups in total. The SMILES string of the molecule is O=C(N/N=C\c1cc(Br)ccc1OC(=O)c1ccc(Cl)cc1Cl)c1ccc(NC(=O)c2ccco2)cc1. The van der Waals surface area contributed by atoms with Gasteiger partial charge < -0.3 is 14.5 Å². The largest absolute Gasteiger partial charge is 0.459 e. The Balaban J connectivity index is 1.40. The number of hydrogen-bond donors (Lipinski definition) is 2. The molecule has 0 radical (unpaired) electrons. The number of nitrogens with zero attached hydrogens (tertiary/aromatic N) is 1. The molecular weight excluding hydrogens is 585 g/mol. The van der Waals surface area contributed by atoms with Crippen LogP contribution in [0.2, 0.25) is 10.0 Å². The molecule has 4 rings (SSSR count). The Labute approximate surface area is 229 Å². The number of nitrogens with one attached hydrogen (secondary N) is 2. The minimum atomic E-state index is -0.679. The topological polar surface area (TPSA) is 110 Å². The summed E-state index contributed by atoms with van der Waals surface area (Å²) in [5.41, 5.74) is 3.78. The number of hydrazone groups is 1. The van der Waals surface area contributed by atoms with Gasteiger partial charge in [-0.2, -0.15) is 5.10 Å². The van der Waals surface area contributed by atoms with Crippen molar-refractivity contribution in [2.75, 3.05) is 5.32 Å². The van der Waals surface area contributed by atoms with Crippen LogP contribution in [0.5, 0.6) is 5.75 Å². The molecule has 0 bridgehead atoms. The minimum absolute atomic E-state index is 0.147. The number of hydrogen-bond acceptors (Lipinski definition) is 6. The molecule has 0 saturated carbocycles. The molecule has 0 aliphatic carbocycles. The van der Waals surface area contributed by atoms with Gasteiger partial charge in [-0.1, -0.05) is 39.1 Å². The van der Waals surface area contributed by atoms with Gasteiger partial charge in [-0.25, -0.2) is 10.2 Å². The summed E-state index contributed by atoms with van der Waals surface area (Å²) >= 11 is 15.3. The van der Waals surface area contributed by atoms with Gasteiger partial charge in [-0.05, 0) is 72.8 Å². The summed E-state index contributed by atoms with van der Waals surface area (Å²) in [6.07, 6.45) is 2.74. The van der Waals surface area contributed by atoms with E-state index in [0.29, 0.717) is 26.3 Å². The van der Waals surface area contributed by atoms with Gasteiger partial charge in [0.05, 0.1) is 23.1 Å². The Bertz CT molecular complexity index is 1490. The molecule has 11 heteroatoms. The molecule has 3 aromatic carbocycles. The summed E-state index contributed by atoms with van der Waals surface area (Å²) < 4.78 is 11.2. The average Bonchev–Trinajstić information content (AvgIpc) is 3.41. The lowest BCUT2D eigenvalue weighted by atomic mass is 10.2. The lowest BCUT2D eigenvalue weighted by molar-refractivity contribution is 0.0734. The Kier molecular flexibility index (Phi) is 8.39. The van der Waals surface area contributed by atoms with Crippen LogP contribution in [0.15, 0.2) is 93.1 Å². The first kappa shape index (κ1) is 26.2. The summed E-state index contributed by atoms with van der Waals surface area (Å²) in [6.45, 7) is 0. The van der Waals surface area contributed by atoms with Crippen LogP contribution < -0.4 is 15.5 Å². The van der Waals surface area contributed by atoms with Gasteiger partial charge in [0.1, 0.15) is 5.75 Å². The average molecular weight is 601 g/mol. The number of benzene rings is 3. The van der Waals surface area contributed by atoms with E-state index in [0.717, 1.165) is 0 Å². The van der Waals surface area contributed by atoms with Gasteiger partial charge in [0.2, 0.25) is 0 Å². The van der Waals surface area contributed by atoms with Crippen LogP contribution in [0.3, 0.4) is 0 Å². The second-order valence-electron chi connectivity index (χ2n) is 7.40. The highest BCUT2D eigenvalue weighted by Crippen LogP contribution is 2.26. The minimum Gasteiger partial charge on any atom is -0.459 e. The zero-order valence-corrected chi connectivity index (χ0v) is 21.8. The van der Waals surface area contributed by atoms with E-state index in [4.69, 9.17) is 32.4 Å². The summed E-state index contributed by atoms with van der Waals surface area (Å²) in [4.78, 5) is 37.1. The smallest absolute Gasteiger partial charge is 0.345 e. The fraction of sp³-hybridized carbons (Fsp3) is 0. The number of carbonyl (C=O) groups excluding carboxylic acids is 3. The number of halogens is 3. The quantitative estimate of drug-likeness (QED) is 0.108. The van der Waals surface area contributed by atoms with E-state index in [1.54, 1.807) is 42.5 Å². The first-order valence-corrected chi connectivity index (χ1v) is 12.1. The van der Waals surface area contributed by atoms with Crippen LogP contribution in [0, 0.1) is 0 Å². The molecule has 8 nitrogen and oxygen atoms in total. The van der Waals surface area contributed by atoms with E-state index < -0.39 is 17.8 Å². The molecule has 0 fully saturated rings. The van der Waals surface area contributed by atoms with Crippen LogP contribution >= 0.6 is 39.1 Å². The summed E-state index contributed by atoms with van der Waals surface area (Å²) in [5.74, 6) is -1.20. The third-order valence-electron chi connectivity index (χ3n) is 4.85. The molecule has 186 valence electrons. The monoisotopic (exact) mass is 599 g/mol. The maximum absolute atomic E-state index is 12.6. The normalized spacial score (nSPS) is 10.8. The van der Waals surface area contributed by atoms with Crippen molar-refractivity contribution >= 4 is 68.8 Å². The third-order valence-corrected chi connectivity index (χ3v) is 5.89. The Morgan fingerprint density at radius 1 is 0.946 bits per heavy atom. The van der Waals surface area contributed by atoms with Gasteiger partial charge in [0.15, 0.2) is 5.76 Å². The summed E-state index contributed by atoms with van der Waals surface area (Å²) in [6, 6.07) is 18.7. The Morgan fingerprint density at radius 3 is 2.43 bits per heavy atom. The lowest BCUT2D eigenvalue weighted by Crippen LogP contribution is -2.18. The maximum Gasteiger partial charge on any atom is 0.345 e. The van der Waals surface area contributed by atoms with E-state index in [1.165, 1.54) is 42.8 Å². The van der Waals surface area contributed by atoms with Gasteiger partial charge in [-0.3, -0.25) is 9.59 Å². The molecule has 0 saturated heterocycles. The maximum atomic E-state index is 12.6. The van der Waals surface area contributed by atoms with E-state index in [2.05, 4.69) is 31.8 Å². The van der Waals surface area contributed by atoms with Crippen LogP contribution in [0.25, 0.3) is 0 Å². The predicted octanol–water partition coefficient (Wildman–Crippen LogP) is 6.58. The standard InChI is InChI=1S/C26H16BrCl2N3O5/c27-17-5-10-22(37-26(35)20-9-6-18(28)13-21(20)29)16(12-17)14-30-32-24(33)15-3-7-19(8-4-15)31-25(34)23-2-1-11-36-23/h1-14H,(H,31,34)(H,32,33)/b30-14-. The van der Waals surface area contributed by atoms with Crippen molar-refractivity contribution in [3.05, 3.63) is 116 Å². The highest BCUT2D eigenvalue weighted by atomic mass is 79.9. The summed E-state index contributed by atoms with van der Waals surface area (Å²) in [7, 11) is 0. The Hall–Kier alpha value is -3.92. The third kappa shape index (κ3) is 6.85. The van der Waals surface area contributed by atoms with Gasteiger partial charge in [0.25, 0.3) is 11.8 Å². The molecular formula is C26H16BrCl2N3O5. The van der Waals surface area contributed by atoms with Gasteiger partial charge in [-0.15, -0.1) is 0 Å². The van der Waals surface area contributed by atoms with Crippen molar-refractivity contribution in [1.82, 2.24) is 5.43 Å². The number of carbonyl (C=O) groups is 3. The van der Waals surface area contributed by atoms with Crippen molar-refractivity contribution in [2.45, 2.75) is 0 Å². The molecule has 1 heterocycles. The highest BCUT2D eigenvalue weighted by Gasteiger charge is 2.15. The van der Waals surface area contributed by atoms with Crippen molar-refractivity contribution < 1.29 is 23.5 Å².